The first kappa shape index (κ1) is 9.35. The maximum Gasteiger partial charge on any atom is 0.150 e. The lowest BCUT2D eigenvalue weighted by molar-refractivity contribution is 0.624. The number of hydrogen-bond acceptors (Lipinski definition) is 3. The highest BCUT2D eigenvalue weighted by molar-refractivity contribution is 5.48. The van der Waals surface area contributed by atoms with Crippen molar-refractivity contribution < 1.29 is 4.39 Å². The van der Waals surface area contributed by atoms with E-state index in [2.05, 4.69) is 10.4 Å². The first-order chi connectivity index (χ1) is 7.75. The summed E-state index contributed by atoms with van der Waals surface area (Å²) in [5.41, 5.74) is 8.54. The van der Waals surface area contributed by atoms with Gasteiger partial charge in [0.2, 0.25) is 0 Å². The van der Waals surface area contributed by atoms with E-state index >= 15 is 0 Å². The third-order valence-electron chi connectivity index (χ3n) is 2.77. The van der Waals surface area contributed by atoms with E-state index in [0.29, 0.717) is 11.5 Å². The molecule has 3 N–H and O–H groups in total. The van der Waals surface area contributed by atoms with Gasteiger partial charge in [0.15, 0.2) is 5.82 Å². The number of halogens is 1. The maximum atomic E-state index is 13.1. The molecule has 2 aromatic rings. The van der Waals surface area contributed by atoms with E-state index < -0.39 is 0 Å². The van der Waals surface area contributed by atoms with Gasteiger partial charge in [-0.15, -0.1) is 0 Å². The third-order valence-corrected chi connectivity index (χ3v) is 2.77. The minimum absolute atomic E-state index is 0.272. The summed E-state index contributed by atoms with van der Waals surface area (Å²) in [6.45, 7) is 1.45. The fourth-order valence-corrected chi connectivity index (χ4v) is 2.01. The summed E-state index contributed by atoms with van der Waals surface area (Å²) in [6, 6.07) is 6.34. The summed E-state index contributed by atoms with van der Waals surface area (Å²) in [6.07, 6.45) is 0. The lowest BCUT2D eigenvalue weighted by Gasteiger charge is -2.04. The van der Waals surface area contributed by atoms with E-state index in [1.54, 1.807) is 10.7 Å². The molecule has 1 aliphatic heterocycles. The Labute approximate surface area is 91.9 Å². The summed E-state index contributed by atoms with van der Waals surface area (Å²) < 4.78 is 14.8. The maximum absolute atomic E-state index is 13.1. The van der Waals surface area contributed by atoms with Crippen LogP contribution in [0.25, 0.3) is 5.69 Å². The van der Waals surface area contributed by atoms with Crippen molar-refractivity contribution in [3.63, 3.8) is 0 Å². The third kappa shape index (κ3) is 1.29. The van der Waals surface area contributed by atoms with Crippen LogP contribution in [0.5, 0.6) is 0 Å². The van der Waals surface area contributed by atoms with Crippen molar-refractivity contribution in [1.29, 1.82) is 0 Å². The molecule has 3 rings (SSSR count). The van der Waals surface area contributed by atoms with Gasteiger partial charge in [-0.05, 0) is 18.2 Å². The Morgan fingerprint density at radius 1 is 1.38 bits per heavy atom. The van der Waals surface area contributed by atoms with Crippen molar-refractivity contribution in [2.45, 2.75) is 13.1 Å². The second kappa shape index (κ2) is 3.31. The lowest BCUT2D eigenvalue weighted by atomic mass is 10.2. The second-order valence-corrected chi connectivity index (χ2v) is 3.81. The molecule has 4 nitrogen and oxygen atoms in total. The molecule has 0 saturated carbocycles. The molecule has 0 unspecified atom stereocenters. The number of nitrogen functional groups attached to an aromatic ring is 1. The molecule has 0 bridgehead atoms. The van der Waals surface area contributed by atoms with E-state index in [9.17, 15) is 4.39 Å². The quantitative estimate of drug-likeness (QED) is 0.756. The van der Waals surface area contributed by atoms with Gasteiger partial charge in [0.25, 0.3) is 0 Å². The van der Waals surface area contributed by atoms with Crippen LogP contribution in [0.15, 0.2) is 24.3 Å². The smallest absolute Gasteiger partial charge is 0.150 e. The summed E-state index contributed by atoms with van der Waals surface area (Å²) in [7, 11) is 0. The Morgan fingerprint density at radius 2 is 2.25 bits per heavy atom. The summed E-state index contributed by atoms with van der Waals surface area (Å²) in [5, 5.41) is 7.43. The van der Waals surface area contributed by atoms with Crippen molar-refractivity contribution in [3.05, 3.63) is 41.3 Å². The molecule has 0 amide bonds. The largest absolute Gasteiger partial charge is 0.382 e. The van der Waals surface area contributed by atoms with Gasteiger partial charge in [0.05, 0.1) is 11.4 Å². The normalized spacial score (nSPS) is 14.1. The summed E-state index contributed by atoms with van der Waals surface area (Å²) >= 11 is 0. The van der Waals surface area contributed by atoms with Crippen molar-refractivity contribution >= 4 is 5.82 Å². The molecule has 0 saturated heterocycles. The Bertz CT molecular complexity index is 547. The molecule has 0 spiro atoms. The highest BCUT2D eigenvalue weighted by Crippen LogP contribution is 2.24. The van der Waals surface area contributed by atoms with Crippen LogP contribution >= 0.6 is 0 Å². The predicted molar refractivity (Wildman–Crippen MR) is 58.5 cm³/mol. The summed E-state index contributed by atoms with van der Waals surface area (Å²) in [5.74, 6) is 0.246. The van der Waals surface area contributed by atoms with E-state index in [4.69, 9.17) is 5.73 Å². The van der Waals surface area contributed by atoms with Gasteiger partial charge in [-0.25, -0.2) is 9.07 Å². The monoisotopic (exact) mass is 218 g/mol. The van der Waals surface area contributed by atoms with Crippen LogP contribution in [0, 0.1) is 5.82 Å². The molecule has 0 fully saturated rings. The first-order valence-corrected chi connectivity index (χ1v) is 5.08. The first-order valence-electron chi connectivity index (χ1n) is 5.08. The van der Waals surface area contributed by atoms with Crippen molar-refractivity contribution in [3.8, 4) is 5.69 Å². The van der Waals surface area contributed by atoms with Crippen LogP contribution in [-0.4, -0.2) is 9.78 Å². The Kier molecular flexibility index (Phi) is 1.94. The van der Waals surface area contributed by atoms with Crippen LogP contribution < -0.4 is 11.1 Å². The number of rotatable bonds is 1. The van der Waals surface area contributed by atoms with Gasteiger partial charge in [0.1, 0.15) is 5.82 Å². The average molecular weight is 218 g/mol. The summed E-state index contributed by atoms with van der Waals surface area (Å²) in [4.78, 5) is 0. The molecule has 0 atom stereocenters. The van der Waals surface area contributed by atoms with Gasteiger partial charge in [-0.2, -0.15) is 5.10 Å². The number of hydrogen-bond donors (Lipinski definition) is 2. The van der Waals surface area contributed by atoms with Crippen molar-refractivity contribution in [2.24, 2.45) is 0 Å². The van der Waals surface area contributed by atoms with Crippen LogP contribution in [0.2, 0.25) is 0 Å². The molecule has 1 aromatic carbocycles. The molecule has 2 heterocycles. The number of benzene rings is 1. The zero-order valence-corrected chi connectivity index (χ0v) is 8.57. The fourth-order valence-electron chi connectivity index (χ4n) is 2.01. The molecule has 82 valence electrons. The fraction of sp³-hybridized carbons (Fsp3) is 0.182. The van der Waals surface area contributed by atoms with Crippen LogP contribution in [0.4, 0.5) is 10.2 Å². The molecule has 1 aliphatic rings. The molecule has 1 aromatic heterocycles. The molecule has 5 heteroatoms. The predicted octanol–water partition coefficient (Wildman–Crippen LogP) is 1.20. The zero-order chi connectivity index (χ0) is 11.1. The van der Waals surface area contributed by atoms with E-state index in [1.165, 1.54) is 12.1 Å². The average Bonchev–Trinajstić information content (AvgIpc) is 2.83. The minimum atomic E-state index is -0.272. The van der Waals surface area contributed by atoms with Crippen LogP contribution in [0.3, 0.4) is 0 Å². The Morgan fingerprint density at radius 3 is 3.06 bits per heavy atom. The SMILES string of the molecule is Nc1nn(-c2cccc(F)c2)c2c1CNC2. The number of nitrogens with zero attached hydrogens (tertiary/aromatic N) is 2. The Balaban J connectivity index is 2.17. The van der Waals surface area contributed by atoms with Gasteiger partial charge < -0.3 is 11.1 Å². The van der Waals surface area contributed by atoms with E-state index in [1.807, 2.05) is 6.07 Å². The molecule has 16 heavy (non-hydrogen) atoms. The van der Waals surface area contributed by atoms with Gasteiger partial charge >= 0.3 is 0 Å². The molecular formula is C11H11FN4. The molecule has 0 radical (unpaired) electrons. The number of aromatic nitrogens is 2. The van der Waals surface area contributed by atoms with E-state index in [0.717, 1.165) is 24.3 Å². The minimum Gasteiger partial charge on any atom is -0.382 e. The van der Waals surface area contributed by atoms with Crippen molar-refractivity contribution in [1.82, 2.24) is 15.1 Å². The van der Waals surface area contributed by atoms with Crippen LogP contribution in [0.1, 0.15) is 11.3 Å². The van der Waals surface area contributed by atoms with Gasteiger partial charge in [-0.3, -0.25) is 0 Å². The van der Waals surface area contributed by atoms with Crippen LogP contribution in [-0.2, 0) is 13.1 Å². The standard InChI is InChI=1S/C11H11FN4/c12-7-2-1-3-8(4-7)16-10-6-14-5-9(10)11(13)15-16/h1-4,14H,5-6H2,(H2,13,15). The number of nitrogens with one attached hydrogen (secondary N) is 1. The number of anilines is 1. The Hall–Kier alpha value is -1.88. The highest BCUT2D eigenvalue weighted by atomic mass is 19.1. The highest BCUT2D eigenvalue weighted by Gasteiger charge is 2.21. The number of fused-ring (bicyclic) bond motifs is 1. The topological polar surface area (TPSA) is 55.9 Å². The van der Waals surface area contributed by atoms with Gasteiger partial charge in [-0.1, -0.05) is 6.07 Å². The zero-order valence-electron chi connectivity index (χ0n) is 8.57. The van der Waals surface area contributed by atoms with Crippen molar-refractivity contribution in [2.75, 3.05) is 5.73 Å². The van der Waals surface area contributed by atoms with E-state index in [-0.39, 0.29) is 5.82 Å². The molecular weight excluding hydrogens is 207 g/mol. The number of nitrogens with two attached hydrogens (primary N) is 1. The second-order valence-electron chi connectivity index (χ2n) is 3.81. The molecule has 0 aliphatic carbocycles. The van der Waals surface area contributed by atoms with Gasteiger partial charge in [0, 0.05) is 18.7 Å². The lowest BCUT2D eigenvalue weighted by Crippen LogP contribution is -2.08.